The van der Waals surface area contributed by atoms with Crippen molar-refractivity contribution in [3.63, 3.8) is 0 Å². The van der Waals surface area contributed by atoms with Gasteiger partial charge in [-0.15, -0.1) is 0 Å². The standard InChI is InChI=1S/C17H27NO/c18-10-17(3-1-15(19)2-4-17)16-13-6-11-5-12(8-13)9-14(16)7-11/h11-14,16H,1-10,18H2. The van der Waals surface area contributed by atoms with Crippen LogP contribution in [0.15, 0.2) is 0 Å². The van der Waals surface area contributed by atoms with Crippen molar-refractivity contribution in [2.24, 2.45) is 40.7 Å². The monoisotopic (exact) mass is 261 g/mol. The fourth-order valence-corrected chi connectivity index (χ4v) is 6.63. The first kappa shape index (κ1) is 12.4. The third-order valence-corrected chi connectivity index (χ3v) is 7.14. The van der Waals surface area contributed by atoms with Crippen molar-refractivity contribution in [3.05, 3.63) is 0 Å². The molecule has 5 aliphatic rings. The second-order valence-electron chi connectivity index (χ2n) is 8.06. The molecule has 5 fully saturated rings. The lowest BCUT2D eigenvalue weighted by molar-refractivity contribution is -0.132. The molecule has 0 aliphatic heterocycles. The summed E-state index contributed by atoms with van der Waals surface area (Å²) in [6, 6.07) is 0. The Hall–Kier alpha value is -0.370. The van der Waals surface area contributed by atoms with Crippen LogP contribution in [0.3, 0.4) is 0 Å². The van der Waals surface area contributed by atoms with E-state index in [1.54, 1.807) is 0 Å². The molecule has 19 heavy (non-hydrogen) atoms. The number of ketones is 1. The quantitative estimate of drug-likeness (QED) is 0.830. The fourth-order valence-electron chi connectivity index (χ4n) is 6.63. The summed E-state index contributed by atoms with van der Waals surface area (Å²) in [6.45, 7) is 0.827. The molecular weight excluding hydrogens is 234 g/mol. The van der Waals surface area contributed by atoms with Crippen LogP contribution in [-0.4, -0.2) is 12.3 Å². The number of carbonyl (C=O) groups is 1. The molecule has 0 aromatic carbocycles. The summed E-state index contributed by atoms with van der Waals surface area (Å²) >= 11 is 0. The maximum absolute atomic E-state index is 11.6. The van der Waals surface area contributed by atoms with Gasteiger partial charge in [-0.05, 0) is 86.5 Å². The number of nitrogens with two attached hydrogens (primary N) is 1. The molecule has 5 saturated carbocycles. The number of hydrogen-bond donors (Lipinski definition) is 1. The summed E-state index contributed by atoms with van der Waals surface area (Å²) in [5.41, 5.74) is 6.58. The predicted molar refractivity (Wildman–Crippen MR) is 75.5 cm³/mol. The third kappa shape index (κ3) is 1.82. The second kappa shape index (κ2) is 4.31. The normalized spacial score (nSPS) is 47.6. The lowest BCUT2D eigenvalue weighted by Gasteiger charge is -2.60. The zero-order valence-corrected chi connectivity index (χ0v) is 11.9. The molecule has 4 bridgehead atoms. The highest BCUT2D eigenvalue weighted by molar-refractivity contribution is 5.79. The average Bonchev–Trinajstić information content (AvgIpc) is 2.40. The van der Waals surface area contributed by atoms with Crippen LogP contribution < -0.4 is 5.73 Å². The summed E-state index contributed by atoms with van der Waals surface area (Å²) in [7, 11) is 0. The first-order valence-electron chi connectivity index (χ1n) is 8.42. The van der Waals surface area contributed by atoms with Crippen molar-refractivity contribution in [1.29, 1.82) is 0 Å². The first-order valence-corrected chi connectivity index (χ1v) is 8.42. The molecule has 0 saturated heterocycles. The molecule has 2 N–H and O–H groups in total. The molecule has 0 aromatic heterocycles. The van der Waals surface area contributed by atoms with E-state index in [1.165, 1.54) is 32.1 Å². The van der Waals surface area contributed by atoms with Gasteiger partial charge in [0.2, 0.25) is 0 Å². The highest BCUT2D eigenvalue weighted by atomic mass is 16.1. The molecule has 2 heteroatoms. The van der Waals surface area contributed by atoms with Gasteiger partial charge < -0.3 is 5.73 Å². The topological polar surface area (TPSA) is 43.1 Å². The van der Waals surface area contributed by atoms with Crippen LogP contribution in [0.1, 0.15) is 57.8 Å². The Balaban J connectivity index is 1.61. The summed E-state index contributed by atoms with van der Waals surface area (Å²) in [5, 5.41) is 0. The van der Waals surface area contributed by atoms with E-state index in [0.29, 0.717) is 11.2 Å². The van der Waals surface area contributed by atoms with Gasteiger partial charge in [0.15, 0.2) is 0 Å². The average molecular weight is 261 g/mol. The highest BCUT2D eigenvalue weighted by Gasteiger charge is 2.55. The van der Waals surface area contributed by atoms with E-state index in [1.807, 2.05) is 0 Å². The van der Waals surface area contributed by atoms with Gasteiger partial charge in [0.25, 0.3) is 0 Å². The van der Waals surface area contributed by atoms with Gasteiger partial charge in [-0.25, -0.2) is 0 Å². The number of rotatable bonds is 2. The minimum atomic E-state index is 0.330. The molecule has 0 atom stereocenters. The second-order valence-corrected chi connectivity index (χ2v) is 8.06. The Kier molecular flexibility index (Phi) is 2.81. The maximum atomic E-state index is 11.6. The van der Waals surface area contributed by atoms with Crippen molar-refractivity contribution in [2.45, 2.75) is 57.8 Å². The van der Waals surface area contributed by atoms with Crippen molar-refractivity contribution in [2.75, 3.05) is 6.54 Å². The Morgan fingerprint density at radius 1 is 0.947 bits per heavy atom. The Bertz CT molecular complexity index is 351. The molecule has 0 amide bonds. The first-order chi connectivity index (χ1) is 9.20. The smallest absolute Gasteiger partial charge is 0.132 e. The maximum Gasteiger partial charge on any atom is 0.132 e. The van der Waals surface area contributed by atoms with Gasteiger partial charge in [-0.3, -0.25) is 4.79 Å². The van der Waals surface area contributed by atoms with E-state index in [-0.39, 0.29) is 0 Å². The van der Waals surface area contributed by atoms with Gasteiger partial charge in [-0.1, -0.05) is 0 Å². The SMILES string of the molecule is NCC1(C2C3CC4CC(C3)CC2C4)CCC(=O)CC1. The zero-order valence-electron chi connectivity index (χ0n) is 11.9. The molecular formula is C17H27NO. The van der Waals surface area contributed by atoms with Gasteiger partial charge in [-0.2, -0.15) is 0 Å². The Morgan fingerprint density at radius 3 is 1.95 bits per heavy atom. The van der Waals surface area contributed by atoms with E-state index in [9.17, 15) is 4.79 Å². The molecule has 0 heterocycles. The highest BCUT2D eigenvalue weighted by Crippen LogP contribution is 2.62. The fraction of sp³-hybridized carbons (Fsp3) is 0.941. The van der Waals surface area contributed by atoms with E-state index >= 15 is 0 Å². The lowest BCUT2D eigenvalue weighted by Crippen LogP contribution is -2.55. The number of hydrogen-bond acceptors (Lipinski definition) is 2. The molecule has 2 nitrogen and oxygen atoms in total. The van der Waals surface area contributed by atoms with Crippen LogP contribution in [0.4, 0.5) is 0 Å². The van der Waals surface area contributed by atoms with Crippen LogP contribution in [0, 0.1) is 35.0 Å². The van der Waals surface area contributed by atoms with Crippen molar-refractivity contribution in [3.8, 4) is 0 Å². The van der Waals surface area contributed by atoms with Crippen LogP contribution in [0.25, 0.3) is 0 Å². The zero-order chi connectivity index (χ0) is 13.0. The summed E-state index contributed by atoms with van der Waals surface area (Å²) in [4.78, 5) is 11.6. The molecule has 0 spiro atoms. The molecule has 5 aliphatic carbocycles. The Labute approximate surface area is 116 Å². The van der Waals surface area contributed by atoms with Crippen LogP contribution in [-0.2, 0) is 4.79 Å². The van der Waals surface area contributed by atoms with Gasteiger partial charge in [0, 0.05) is 12.8 Å². The predicted octanol–water partition coefficient (Wildman–Crippen LogP) is 3.15. The molecule has 0 aromatic rings. The molecule has 5 rings (SSSR count). The lowest BCUT2D eigenvalue weighted by atomic mass is 9.45. The Morgan fingerprint density at radius 2 is 1.47 bits per heavy atom. The summed E-state index contributed by atoms with van der Waals surface area (Å²) in [6.07, 6.45) is 11.2. The van der Waals surface area contributed by atoms with Gasteiger partial charge in [0.05, 0.1) is 0 Å². The molecule has 0 unspecified atom stereocenters. The van der Waals surface area contributed by atoms with E-state index < -0.39 is 0 Å². The van der Waals surface area contributed by atoms with Crippen LogP contribution >= 0.6 is 0 Å². The minimum Gasteiger partial charge on any atom is -0.330 e. The van der Waals surface area contributed by atoms with Gasteiger partial charge >= 0.3 is 0 Å². The van der Waals surface area contributed by atoms with E-state index in [4.69, 9.17) is 5.73 Å². The number of Topliss-reactive ketones (excluding diaryl/α,β-unsaturated/α-hetero) is 1. The molecule has 106 valence electrons. The van der Waals surface area contributed by atoms with Crippen LogP contribution in [0.5, 0.6) is 0 Å². The van der Waals surface area contributed by atoms with Gasteiger partial charge in [0.1, 0.15) is 5.78 Å². The van der Waals surface area contributed by atoms with Crippen molar-refractivity contribution < 1.29 is 4.79 Å². The van der Waals surface area contributed by atoms with E-state index in [0.717, 1.165) is 61.8 Å². The van der Waals surface area contributed by atoms with Crippen LogP contribution in [0.2, 0.25) is 0 Å². The summed E-state index contributed by atoms with van der Waals surface area (Å²) < 4.78 is 0. The minimum absolute atomic E-state index is 0.330. The largest absolute Gasteiger partial charge is 0.330 e. The van der Waals surface area contributed by atoms with E-state index in [2.05, 4.69) is 0 Å². The number of carbonyl (C=O) groups excluding carboxylic acids is 1. The van der Waals surface area contributed by atoms with Crippen molar-refractivity contribution in [1.82, 2.24) is 0 Å². The third-order valence-electron chi connectivity index (χ3n) is 7.14. The molecule has 0 radical (unpaired) electrons. The summed E-state index contributed by atoms with van der Waals surface area (Å²) in [5.74, 6) is 5.32. The van der Waals surface area contributed by atoms with Crippen molar-refractivity contribution >= 4 is 5.78 Å².